The third kappa shape index (κ3) is 3.51. The number of pyridine rings is 1. The molecule has 7 heteroatoms. The van der Waals surface area contributed by atoms with Crippen molar-refractivity contribution in [3.05, 3.63) is 59.4 Å². The second kappa shape index (κ2) is 7.11. The minimum absolute atomic E-state index is 0.141. The lowest BCUT2D eigenvalue weighted by Crippen LogP contribution is -2.07. The molecule has 0 aliphatic rings. The number of hydrogen-bond acceptors (Lipinski definition) is 4. The fraction of sp³-hybridized carbons (Fsp3) is 0.263. The lowest BCUT2D eigenvalue weighted by atomic mass is 10.3. The molecule has 0 aliphatic heterocycles. The van der Waals surface area contributed by atoms with Gasteiger partial charge in [-0.05, 0) is 51.5 Å². The van der Waals surface area contributed by atoms with Crippen molar-refractivity contribution in [2.75, 3.05) is 0 Å². The molecule has 0 saturated carbocycles. The number of nitrogens with zero attached hydrogens (tertiary/aromatic N) is 3. The van der Waals surface area contributed by atoms with Crippen molar-refractivity contribution in [1.82, 2.24) is 14.8 Å². The molecular formula is C19H19F2N3O2. The molecule has 3 rings (SSSR count). The molecule has 26 heavy (non-hydrogen) atoms. The van der Waals surface area contributed by atoms with Gasteiger partial charge in [-0.3, -0.25) is 0 Å². The van der Waals surface area contributed by atoms with Crippen LogP contribution in [-0.2, 0) is 0 Å². The molecule has 2 aromatic heterocycles. The van der Waals surface area contributed by atoms with Crippen molar-refractivity contribution in [3.63, 3.8) is 0 Å². The molecule has 136 valence electrons. The van der Waals surface area contributed by atoms with Crippen molar-refractivity contribution in [2.24, 2.45) is 0 Å². The summed E-state index contributed by atoms with van der Waals surface area (Å²) in [6.45, 7) is 7.29. The fourth-order valence-corrected chi connectivity index (χ4v) is 2.37. The molecule has 0 fully saturated rings. The van der Waals surface area contributed by atoms with Gasteiger partial charge in [0, 0.05) is 6.20 Å². The zero-order valence-electron chi connectivity index (χ0n) is 15.0. The van der Waals surface area contributed by atoms with E-state index in [1.165, 1.54) is 10.7 Å². The molecule has 5 nitrogen and oxygen atoms in total. The third-order valence-corrected chi connectivity index (χ3v) is 3.61. The highest BCUT2D eigenvalue weighted by Crippen LogP contribution is 2.37. The highest BCUT2D eigenvalue weighted by Gasteiger charge is 2.23. The predicted octanol–water partition coefficient (Wildman–Crippen LogP) is 4.74. The van der Waals surface area contributed by atoms with Gasteiger partial charge in [0.1, 0.15) is 0 Å². The van der Waals surface area contributed by atoms with Crippen LogP contribution in [0.5, 0.6) is 17.4 Å². The van der Waals surface area contributed by atoms with E-state index in [4.69, 9.17) is 9.47 Å². The van der Waals surface area contributed by atoms with E-state index >= 15 is 0 Å². The fourth-order valence-electron chi connectivity index (χ4n) is 2.37. The second-order valence-corrected chi connectivity index (χ2v) is 6.14. The molecule has 1 aromatic carbocycles. The molecule has 0 spiro atoms. The predicted molar refractivity (Wildman–Crippen MR) is 93.0 cm³/mol. The number of benzene rings is 1. The Morgan fingerprint density at radius 2 is 1.69 bits per heavy atom. The molecule has 0 unspecified atom stereocenters. The van der Waals surface area contributed by atoms with E-state index in [0.717, 1.165) is 17.7 Å². The van der Waals surface area contributed by atoms with Gasteiger partial charge in [0.05, 0.1) is 11.8 Å². The third-order valence-electron chi connectivity index (χ3n) is 3.61. The lowest BCUT2D eigenvalue weighted by molar-refractivity contribution is 0.222. The number of ether oxygens (including phenoxy) is 2. The van der Waals surface area contributed by atoms with Crippen LogP contribution < -0.4 is 9.47 Å². The summed E-state index contributed by atoms with van der Waals surface area (Å²) in [6, 6.07) is 7.21. The molecule has 0 bridgehead atoms. The maximum Gasteiger partial charge on any atom is 0.277 e. The van der Waals surface area contributed by atoms with Gasteiger partial charge in [0.15, 0.2) is 23.2 Å². The summed E-state index contributed by atoms with van der Waals surface area (Å²) >= 11 is 0. The summed E-state index contributed by atoms with van der Waals surface area (Å²) in [5.41, 5.74) is 1.52. The first-order valence-corrected chi connectivity index (χ1v) is 8.18. The standard InChI is InChI=1S/C19H19F2N3O2/c1-11(2)25-19-17(26-18-14(20)6-5-7-15(18)21)13(4)24(23-19)16-9-8-12(3)10-22-16/h5-11H,1-4H3. The largest absolute Gasteiger partial charge is 0.471 e. The summed E-state index contributed by atoms with van der Waals surface area (Å²) in [4.78, 5) is 4.33. The normalized spacial score (nSPS) is 11.0. The number of hydrogen-bond donors (Lipinski definition) is 0. The maximum absolute atomic E-state index is 14.0. The SMILES string of the molecule is Cc1ccc(-n2nc(OC(C)C)c(Oc3c(F)cccc3F)c2C)nc1. The van der Waals surface area contributed by atoms with E-state index in [1.807, 2.05) is 26.8 Å². The van der Waals surface area contributed by atoms with Crippen molar-refractivity contribution >= 4 is 0 Å². The van der Waals surface area contributed by atoms with E-state index in [0.29, 0.717) is 11.5 Å². The van der Waals surface area contributed by atoms with Crippen LogP contribution in [0, 0.1) is 25.5 Å². The number of aryl methyl sites for hydroxylation is 1. The Bertz CT molecular complexity index is 901. The second-order valence-electron chi connectivity index (χ2n) is 6.14. The molecule has 3 aromatic rings. The average molecular weight is 359 g/mol. The summed E-state index contributed by atoms with van der Waals surface area (Å²) in [5.74, 6) is -1.28. The zero-order chi connectivity index (χ0) is 18.8. The average Bonchev–Trinajstić information content (AvgIpc) is 2.87. The zero-order valence-corrected chi connectivity index (χ0v) is 15.0. The Kier molecular flexibility index (Phi) is 4.88. The molecule has 0 amide bonds. The molecule has 0 radical (unpaired) electrons. The first-order valence-electron chi connectivity index (χ1n) is 8.18. The summed E-state index contributed by atoms with van der Waals surface area (Å²) in [5, 5.41) is 4.37. The van der Waals surface area contributed by atoms with Crippen molar-refractivity contribution in [3.8, 4) is 23.2 Å². The van der Waals surface area contributed by atoms with Crippen LogP contribution in [0.4, 0.5) is 8.78 Å². The first-order chi connectivity index (χ1) is 12.4. The Morgan fingerprint density at radius 1 is 1.00 bits per heavy atom. The van der Waals surface area contributed by atoms with Crippen LogP contribution >= 0.6 is 0 Å². The summed E-state index contributed by atoms with van der Waals surface area (Å²) in [7, 11) is 0. The van der Waals surface area contributed by atoms with Crippen LogP contribution in [-0.4, -0.2) is 20.9 Å². The van der Waals surface area contributed by atoms with Crippen LogP contribution in [0.3, 0.4) is 0 Å². The molecule has 0 saturated heterocycles. The molecule has 0 N–H and O–H groups in total. The van der Waals surface area contributed by atoms with Crippen LogP contribution in [0.15, 0.2) is 36.5 Å². The van der Waals surface area contributed by atoms with Crippen LogP contribution in [0.2, 0.25) is 0 Å². The minimum Gasteiger partial charge on any atom is -0.471 e. The van der Waals surface area contributed by atoms with E-state index in [-0.39, 0.29) is 17.7 Å². The summed E-state index contributed by atoms with van der Waals surface area (Å²) in [6.07, 6.45) is 1.51. The number of para-hydroxylation sites is 1. The van der Waals surface area contributed by atoms with Gasteiger partial charge in [0.25, 0.3) is 5.88 Å². The van der Waals surface area contributed by atoms with Gasteiger partial charge < -0.3 is 9.47 Å². The Labute approximate surface area is 150 Å². The number of halogens is 2. The van der Waals surface area contributed by atoms with Crippen LogP contribution in [0.25, 0.3) is 5.82 Å². The van der Waals surface area contributed by atoms with E-state index in [1.54, 1.807) is 19.2 Å². The van der Waals surface area contributed by atoms with E-state index in [9.17, 15) is 8.78 Å². The molecule has 0 aliphatic carbocycles. The van der Waals surface area contributed by atoms with E-state index in [2.05, 4.69) is 10.1 Å². The molecule has 0 atom stereocenters. The molecular weight excluding hydrogens is 340 g/mol. The lowest BCUT2D eigenvalue weighted by Gasteiger charge is -2.11. The summed E-state index contributed by atoms with van der Waals surface area (Å²) < 4.78 is 40.7. The highest BCUT2D eigenvalue weighted by atomic mass is 19.1. The van der Waals surface area contributed by atoms with Gasteiger partial charge in [-0.1, -0.05) is 12.1 Å². The Hall–Kier alpha value is -2.96. The Balaban J connectivity index is 2.09. The van der Waals surface area contributed by atoms with Gasteiger partial charge in [-0.25, -0.2) is 18.4 Å². The minimum atomic E-state index is -0.805. The number of aromatic nitrogens is 3. The van der Waals surface area contributed by atoms with Crippen molar-refractivity contribution < 1.29 is 18.3 Å². The van der Waals surface area contributed by atoms with Gasteiger partial charge in [0.2, 0.25) is 5.75 Å². The maximum atomic E-state index is 14.0. The van der Waals surface area contributed by atoms with Crippen LogP contribution in [0.1, 0.15) is 25.1 Å². The monoisotopic (exact) mass is 359 g/mol. The van der Waals surface area contributed by atoms with Crippen molar-refractivity contribution in [2.45, 2.75) is 33.8 Å². The van der Waals surface area contributed by atoms with Gasteiger partial charge in [-0.2, -0.15) is 0 Å². The smallest absolute Gasteiger partial charge is 0.277 e. The number of rotatable bonds is 5. The highest BCUT2D eigenvalue weighted by molar-refractivity contribution is 5.45. The first kappa shape index (κ1) is 17.8. The quantitative estimate of drug-likeness (QED) is 0.660. The van der Waals surface area contributed by atoms with E-state index < -0.39 is 17.4 Å². The molecule has 2 heterocycles. The Morgan fingerprint density at radius 3 is 2.27 bits per heavy atom. The van der Waals surface area contributed by atoms with Gasteiger partial charge >= 0.3 is 0 Å². The van der Waals surface area contributed by atoms with Gasteiger partial charge in [-0.15, -0.1) is 5.10 Å². The topological polar surface area (TPSA) is 49.2 Å². The van der Waals surface area contributed by atoms with Crippen molar-refractivity contribution in [1.29, 1.82) is 0 Å².